The third-order valence-corrected chi connectivity index (χ3v) is 6.38. The van der Waals surface area contributed by atoms with Gasteiger partial charge in [-0.05, 0) is 68.6 Å². The molecule has 132 valence electrons. The molecule has 8 heteroatoms. The van der Waals surface area contributed by atoms with Gasteiger partial charge in [-0.1, -0.05) is 6.92 Å². The fraction of sp³-hybridized carbons (Fsp3) is 0.235. The quantitative estimate of drug-likeness (QED) is 0.437. The monoisotopic (exact) mass is 487 g/mol. The summed E-state index contributed by atoms with van der Waals surface area (Å²) in [6.07, 6.45) is 1.22. The van der Waals surface area contributed by atoms with Gasteiger partial charge in [0.25, 0.3) is 0 Å². The van der Waals surface area contributed by atoms with E-state index in [1.54, 1.807) is 30.3 Å². The molecule has 1 aromatic heterocycles. The SMILES string of the molecule is CCCC(=O)Nc1ccc(C(=O)COC(=O)c2cc(Br)c(Br)s2)cc1. The van der Waals surface area contributed by atoms with E-state index in [2.05, 4.69) is 37.2 Å². The van der Waals surface area contributed by atoms with Gasteiger partial charge in [-0.25, -0.2) is 4.79 Å². The van der Waals surface area contributed by atoms with Gasteiger partial charge in [0.15, 0.2) is 12.4 Å². The van der Waals surface area contributed by atoms with E-state index in [4.69, 9.17) is 4.74 Å². The molecule has 0 bridgehead atoms. The van der Waals surface area contributed by atoms with Gasteiger partial charge in [0.1, 0.15) is 4.88 Å². The highest BCUT2D eigenvalue weighted by Gasteiger charge is 2.15. The minimum Gasteiger partial charge on any atom is -0.453 e. The average molecular weight is 489 g/mol. The molecule has 0 radical (unpaired) electrons. The number of hydrogen-bond acceptors (Lipinski definition) is 5. The number of carbonyl (C=O) groups is 3. The molecule has 1 amide bonds. The number of amides is 1. The maximum Gasteiger partial charge on any atom is 0.348 e. The first kappa shape index (κ1) is 19.8. The lowest BCUT2D eigenvalue weighted by atomic mass is 10.1. The molecule has 1 aromatic carbocycles. The Morgan fingerprint density at radius 1 is 1.16 bits per heavy atom. The topological polar surface area (TPSA) is 72.5 Å². The summed E-state index contributed by atoms with van der Waals surface area (Å²) in [4.78, 5) is 36.0. The van der Waals surface area contributed by atoms with Crippen LogP contribution in [0, 0.1) is 0 Å². The normalized spacial score (nSPS) is 10.4. The molecule has 5 nitrogen and oxygen atoms in total. The maximum atomic E-state index is 12.1. The molecule has 0 fully saturated rings. The molecular formula is C17H15Br2NO4S. The number of esters is 1. The van der Waals surface area contributed by atoms with Crippen LogP contribution >= 0.6 is 43.2 Å². The minimum atomic E-state index is -0.548. The highest BCUT2D eigenvalue weighted by Crippen LogP contribution is 2.32. The number of hydrogen-bond donors (Lipinski definition) is 1. The number of ketones is 1. The van der Waals surface area contributed by atoms with Crippen molar-refractivity contribution in [2.75, 3.05) is 11.9 Å². The molecule has 0 saturated carbocycles. The number of benzene rings is 1. The zero-order valence-corrected chi connectivity index (χ0v) is 17.3. The van der Waals surface area contributed by atoms with Crippen molar-refractivity contribution in [3.63, 3.8) is 0 Å². The molecule has 0 aliphatic rings. The van der Waals surface area contributed by atoms with Gasteiger partial charge in [-0.3, -0.25) is 9.59 Å². The standard InChI is InChI=1S/C17H15Br2NO4S/c1-2-3-15(22)20-11-6-4-10(5-7-11)13(21)9-24-17(23)14-8-12(18)16(19)25-14/h4-8H,2-3,9H2,1H3,(H,20,22). The van der Waals surface area contributed by atoms with Gasteiger partial charge in [-0.15, -0.1) is 11.3 Å². The number of nitrogens with one attached hydrogen (secondary N) is 1. The van der Waals surface area contributed by atoms with E-state index in [0.717, 1.165) is 14.7 Å². The van der Waals surface area contributed by atoms with Crippen LogP contribution in [0.1, 0.15) is 39.8 Å². The zero-order valence-electron chi connectivity index (χ0n) is 13.3. The molecule has 0 atom stereocenters. The molecule has 0 unspecified atom stereocenters. The molecule has 0 spiro atoms. The number of halogens is 2. The first-order chi connectivity index (χ1) is 11.9. The largest absolute Gasteiger partial charge is 0.453 e. The van der Waals surface area contributed by atoms with E-state index < -0.39 is 5.97 Å². The summed E-state index contributed by atoms with van der Waals surface area (Å²) >= 11 is 7.82. The van der Waals surface area contributed by atoms with Crippen molar-refractivity contribution < 1.29 is 19.1 Å². The second-order valence-electron chi connectivity index (χ2n) is 5.11. The van der Waals surface area contributed by atoms with Gasteiger partial charge >= 0.3 is 5.97 Å². The van der Waals surface area contributed by atoms with Crippen molar-refractivity contribution in [3.8, 4) is 0 Å². The van der Waals surface area contributed by atoms with E-state index in [-0.39, 0.29) is 18.3 Å². The van der Waals surface area contributed by atoms with Crippen LogP contribution in [0.2, 0.25) is 0 Å². The Balaban J connectivity index is 1.90. The van der Waals surface area contributed by atoms with Gasteiger partial charge in [0.05, 0.1) is 3.79 Å². The van der Waals surface area contributed by atoms with Crippen molar-refractivity contribution in [2.45, 2.75) is 19.8 Å². The second kappa shape index (κ2) is 9.26. The minimum absolute atomic E-state index is 0.0659. The smallest absolute Gasteiger partial charge is 0.348 e. The Morgan fingerprint density at radius 2 is 1.84 bits per heavy atom. The Labute approximate surface area is 166 Å². The average Bonchev–Trinajstić information content (AvgIpc) is 2.92. The van der Waals surface area contributed by atoms with Crippen LogP contribution in [0.5, 0.6) is 0 Å². The van der Waals surface area contributed by atoms with Gasteiger partial charge in [-0.2, -0.15) is 0 Å². The van der Waals surface area contributed by atoms with Crippen molar-refractivity contribution in [1.82, 2.24) is 0 Å². The third kappa shape index (κ3) is 5.76. The fourth-order valence-electron chi connectivity index (χ4n) is 1.92. The van der Waals surface area contributed by atoms with Crippen molar-refractivity contribution >= 4 is 66.5 Å². The molecule has 0 aliphatic heterocycles. The molecule has 2 rings (SSSR count). The number of ether oxygens (including phenoxy) is 1. The summed E-state index contributed by atoms with van der Waals surface area (Å²) in [5, 5.41) is 2.75. The van der Waals surface area contributed by atoms with E-state index in [9.17, 15) is 14.4 Å². The molecule has 0 aliphatic carbocycles. The third-order valence-electron chi connectivity index (χ3n) is 3.15. The van der Waals surface area contributed by atoms with Gasteiger partial charge < -0.3 is 10.1 Å². The molecular weight excluding hydrogens is 474 g/mol. The number of thiophene rings is 1. The number of rotatable bonds is 7. The lowest BCUT2D eigenvalue weighted by Gasteiger charge is -2.06. The Bertz CT molecular complexity index is 767. The highest BCUT2D eigenvalue weighted by atomic mass is 79.9. The first-order valence-electron chi connectivity index (χ1n) is 7.45. The lowest BCUT2D eigenvalue weighted by molar-refractivity contribution is -0.116. The van der Waals surface area contributed by atoms with E-state index in [0.29, 0.717) is 22.5 Å². The van der Waals surface area contributed by atoms with E-state index in [1.165, 1.54) is 11.3 Å². The van der Waals surface area contributed by atoms with E-state index in [1.807, 2.05) is 6.92 Å². The summed E-state index contributed by atoms with van der Waals surface area (Å²) < 4.78 is 6.59. The number of carbonyl (C=O) groups excluding carboxylic acids is 3. The highest BCUT2D eigenvalue weighted by molar-refractivity contribution is 9.13. The predicted octanol–water partition coefficient (Wildman–Crippen LogP) is 5.05. The zero-order chi connectivity index (χ0) is 18.4. The number of Topliss-reactive ketones (excluding diaryl/α,β-unsaturated/α-hetero) is 1. The van der Waals surface area contributed by atoms with Crippen molar-refractivity contribution in [3.05, 3.63) is 49.0 Å². The van der Waals surface area contributed by atoms with Crippen LogP contribution in [-0.4, -0.2) is 24.3 Å². The van der Waals surface area contributed by atoms with Gasteiger partial charge in [0, 0.05) is 22.1 Å². The summed E-state index contributed by atoms with van der Waals surface area (Å²) in [6, 6.07) is 8.12. The summed E-state index contributed by atoms with van der Waals surface area (Å²) in [5.74, 6) is -0.925. The second-order valence-corrected chi connectivity index (χ2v) is 8.33. The van der Waals surface area contributed by atoms with Crippen LogP contribution in [0.4, 0.5) is 5.69 Å². The molecule has 25 heavy (non-hydrogen) atoms. The summed E-state index contributed by atoms with van der Waals surface area (Å²) in [5.41, 5.74) is 1.04. The van der Waals surface area contributed by atoms with Crippen LogP contribution < -0.4 is 5.32 Å². The van der Waals surface area contributed by atoms with E-state index >= 15 is 0 Å². The van der Waals surface area contributed by atoms with Gasteiger partial charge in [0.2, 0.25) is 5.91 Å². The maximum absolute atomic E-state index is 12.1. The van der Waals surface area contributed by atoms with Crippen molar-refractivity contribution in [2.24, 2.45) is 0 Å². The summed E-state index contributed by atoms with van der Waals surface area (Å²) in [7, 11) is 0. The van der Waals surface area contributed by atoms with Crippen LogP contribution in [0.15, 0.2) is 38.6 Å². The van der Waals surface area contributed by atoms with Crippen LogP contribution in [0.3, 0.4) is 0 Å². The fourth-order valence-corrected chi connectivity index (χ4v) is 3.85. The summed E-state index contributed by atoms with van der Waals surface area (Å²) in [6.45, 7) is 1.59. The Morgan fingerprint density at radius 3 is 2.40 bits per heavy atom. The predicted molar refractivity (Wildman–Crippen MR) is 104 cm³/mol. The van der Waals surface area contributed by atoms with Crippen molar-refractivity contribution in [1.29, 1.82) is 0 Å². The van der Waals surface area contributed by atoms with Crippen LogP contribution in [0.25, 0.3) is 0 Å². The molecule has 1 heterocycles. The lowest BCUT2D eigenvalue weighted by Crippen LogP contribution is -2.14. The molecule has 0 saturated heterocycles. The number of anilines is 1. The first-order valence-corrected chi connectivity index (χ1v) is 9.86. The Kier molecular flexibility index (Phi) is 7.34. The van der Waals surface area contributed by atoms with Crippen LogP contribution in [-0.2, 0) is 9.53 Å². The molecule has 1 N–H and O–H groups in total. The Hall–Kier alpha value is -1.51. The molecule has 2 aromatic rings.